The summed E-state index contributed by atoms with van der Waals surface area (Å²) in [6, 6.07) is 60.3. The maximum Gasteiger partial charge on any atom is 0.167 e. The normalized spacial score (nSPS) is 11.3. The van der Waals surface area contributed by atoms with Gasteiger partial charge in [-0.05, 0) is 33.9 Å². The van der Waals surface area contributed by atoms with Crippen LogP contribution in [-0.4, -0.2) is 15.0 Å². The van der Waals surface area contributed by atoms with Crippen molar-refractivity contribution in [3.8, 4) is 67.5 Å². The minimum Gasteiger partial charge on any atom is -0.455 e. The van der Waals surface area contributed by atoms with Crippen molar-refractivity contribution in [3.05, 3.63) is 176 Å². The minimum atomic E-state index is 0.556. The van der Waals surface area contributed by atoms with E-state index in [0.717, 1.165) is 72.0 Å². The van der Waals surface area contributed by atoms with Crippen LogP contribution in [0.3, 0.4) is 0 Å². The molecule has 7 aromatic carbocycles. The van der Waals surface area contributed by atoms with Gasteiger partial charge in [-0.2, -0.15) is 0 Å². The van der Waals surface area contributed by atoms with Crippen molar-refractivity contribution in [2.75, 3.05) is 0 Å². The molecule has 2 heterocycles. The first-order chi connectivity index (χ1) is 24.3. The van der Waals surface area contributed by atoms with Crippen molar-refractivity contribution < 1.29 is 4.42 Å². The number of hydrogen-bond acceptors (Lipinski definition) is 4. The molecule has 0 unspecified atom stereocenters. The summed E-state index contributed by atoms with van der Waals surface area (Å²) in [5, 5.41) is 2.08. The van der Waals surface area contributed by atoms with Crippen LogP contribution in [0.4, 0.5) is 0 Å². The molecule has 0 amide bonds. The number of rotatable bonds is 6. The molecule has 0 N–H and O–H groups in total. The van der Waals surface area contributed by atoms with Crippen molar-refractivity contribution in [1.82, 2.24) is 15.0 Å². The Hall–Kier alpha value is -6.65. The molecule has 2 aromatic heterocycles. The third-order valence-corrected chi connectivity index (χ3v) is 8.97. The summed E-state index contributed by atoms with van der Waals surface area (Å²) in [6.45, 7) is 0. The number of benzene rings is 7. The molecule has 49 heavy (non-hydrogen) atoms. The molecule has 0 radical (unpaired) electrons. The van der Waals surface area contributed by atoms with Gasteiger partial charge in [0.1, 0.15) is 11.2 Å². The molecule has 0 bridgehead atoms. The fourth-order valence-corrected chi connectivity index (χ4v) is 6.57. The maximum absolute atomic E-state index is 6.94. The zero-order chi connectivity index (χ0) is 32.6. The van der Waals surface area contributed by atoms with Crippen LogP contribution in [0.5, 0.6) is 0 Å². The van der Waals surface area contributed by atoms with E-state index in [4.69, 9.17) is 19.4 Å². The Morgan fingerprint density at radius 2 is 0.735 bits per heavy atom. The second kappa shape index (κ2) is 12.2. The van der Waals surface area contributed by atoms with Gasteiger partial charge in [-0.1, -0.05) is 170 Å². The Labute approximate surface area is 284 Å². The van der Waals surface area contributed by atoms with Crippen molar-refractivity contribution in [2.45, 2.75) is 0 Å². The van der Waals surface area contributed by atoms with E-state index in [-0.39, 0.29) is 0 Å². The van der Waals surface area contributed by atoms with E-state index in [2.05, 4.69) is 127 Å². The SMILES string of the molecule is c1ccc(-c2ccc(-c3nc(-c4ccccc4)nc(-c4ccc(-c5ccccc5)c5c4oc4c(-c6ccccc6)cccc45)n3)cc2)cc1. The fourth-order valence-electron chi connectivity index (χ4n) is 6.57. The molecule has 0 fully saturated rings. The molecule has 0 spiro atoms. The zero-order valence-corrected chi connectivity index (χ0v) is 26.5. The third kappa shape index (κ3) is 5.26. The predicted octanol–water partition coefficient (Wildman–Crippen LogP) is 11.8. The van der Waals surface area contributed by atoms with Gasteiger partial charge in [-0.25, -0.2) is 15.0 Å². The Kier molecular flexibility index (Phi) is 7.10. The molecule has 0 aliphatic carbocycles. The lowest BCUT2D eigenvalue weighted by molar-refractivity contribution is 0.670. The van der Waals surface area contributed by atoms with Crippen molar-refractivity contribution in [3.63, 3.8) is 0 Å². The van der Waals surface area contributed by atoms with Crippen LogP contribution in [0.15, 0.2) is 180 Å². The van der Waals surface area contributed by atoms with Gasteiger partial charge in [0.05, 0.1) is 5.56 Å². The Morgan fingerprint density at radius 1 is 0.286 bits per heavy atom. The van der Waals surface area contributed by atoms with Crippen molar-refractivity contribution in [2.24, 2.45) is 0 Å². The molecule has 4 nitrogen and oxygen atoms in total. The fraction of sp³-hybridized carbons (Fsp3) is 0. The highest BCUT2D eigenvalue weighted by Gasteiger charge is 2.22. The summed E-state index contributed by atoms with van der Waals surface area (Å²) < 4.78 is 6.94. The van der Waals surface area contributed by atoms with Gasteiger partial charge in [0, 0.05) is 27.5 Å². The highest BCUT2D eigenvalue weighted by molar-refractivity contribution is 6.18. The summed E-state index contributed by atoms with van der Waals surface area (Å²) in [7, 11) is 0. The molecule has 0 aliphatic heterocycles. The van der Waals surface area contributed by atoms with E-state index in [1.54, 1.807) is 0 Å². The maximum atomic E-state index is 6.94. The molecule has 9 aromatic rings. The first-order valence-corrected chi connectivity index (χ1v) is 16.4. The van der Waals surface area contributed by atoms with Gasteiger partial charge in [0.15, 0.2) is 17.5 Å². The first kappa shape index (κ1) is 28.6. The van der Waals surface area contributed by atoms with Gasteiger partial charge in [-0.15, -0.1) is 0 Å². The summed E-state index contributed by atoms with van der Waals surface area (Å²) in [5.41, 5.74) is 10.9. The van der Waals surface area contributed by atoms with Gasteiger partial charge < -0.3 is 4.42 Å². The quantitative estimate of drug-likeness (QED) is 0.184. The van der Waals surface area contributed by atoms with Crippen LogP contribution < -0.4 is 0 Å². The van der Waals surface area contributed by atoms with E-state index in [0.29, 0.717) is 17.5 Å². The lowest BCUT2D eigenvalue weighted by atomic mass is 9.95. The van der Waals surface area contributed by atoms with E-state index >= 15 is 0 Å². The van der Waals surface area contributed by atoms with Crippen molar-refractivity contribution >= 4 is 21.9 Å². The largest absolute Gasteiger partial charge is 0.455 e. The van der Waals surface area contributed by atoms with Crippen LogP contribution >= 0.6 is 0 Å². The molecule has 9 rings (SSSR count). The predicted molar refractivity (Wildman–Crippen MR) is 200 cm³/mol. The lowest BCUT2D eigenvalue weighted by Crippen LogP contribution is -2.00. The second-order valence-corrected chi connectivity index (χ2v) is 12.0. The van der Waals surface area contributed by atoms with Gasteiger partial charge in [0.2, 0.25) is 0 Å². The van der Waals surface area contributed by atoms with Crippen LogP contribution in [0, 0.1) is 0 Å². The van der Waals surface area contributed by atoms with Gasteiger partial charge >= 0.3 is 0 Å². The molecule has 230 valence electrons. The molecule has 0 saturated heterocycles. The highest BCUT2D eigenvalue weighted by atomic mass is 16.3. The van der Waals surface area contributed by atoms with E-state index in [1.165, 1.54) is 0 Å². The van der Waals surface area contributed by atoms with Crippen LogP contribution in [0.2, 0.25) is 0 Å². The molecule has 4 heteroatoms. The van der Waals surface area contributed by atoms with Gasteiger partial charge in [0.25, 0.3) is 0 Å². The molecule has 0 saturated carbocycles. The molecular formula is C45H29N3O. The average Bonchev–Trinajstić information content (AvgIpc) is 3.59. The number of nitrogens with zero attached hydrogens (tertiary/aromatic N) is 3. The number of aromatic nitrogens is 3. The third-order valence-electron chi connectivity index (χ3n) is 8.97. The first-order valence-electron chi connectivity index (χ1n) is 16.4. The molecule has 0 aliphatic rings. The number of para-hydroxylation sites is 1. The number of fused-ring (bicyclic) bond motifs is 3. The average molecular weight is 628 g/mol. The standard InChI is InChI=1S/C45H29N3O/c1-5-14-30(15-6-1)31-24-26-35(27-25-31)44-46-43(34-20-11-4-12-21-34)47-45(48-44)39-29-28-36(32-16-7-2-8-17-32)40-38-23-13-22-37(41(38)49-42(39)40)33-18-9-3-10-19-33/h1-29H. The summed E-state index contributed by atoms with van der Waals surface area (Å²) in [6.07, 6.45) is 0. The van der Waals surface area contributed by atoms with E-state index in [1.807, 2.05) is 48.5 Å². The van der Waals surface area contributed by atoms with E-state index in [9.17, 15) is 0 Å². The summed E-state index contributed by atoms with van der Waals surface area (Å²) >= 11 is 0. The molecule has 0 atom stereocenters. The van der Waals surface area contributed by atoms with Crippen molar-refractivity contribution in [1.29, 1.82) is 0 Å². The molecular weight excluding hydrogens is 599 g/mol. The summed E-state index contributed by atoms with van der Waals surface area (Å²) in [5.74, 6) is 1.76. The zero-order valence-electron chi connectivity index (χ0n) is 26.5. The lowest BCUT2D eigenvalue weighted by Gasteiger charge is -2.11. The summed E-state index contributed by atoms with van der Waals surface area (Å²) in [4.78, 5) is 15.2. The Bertz CT molecular complexity index is 2560. The topological polar surface area (TPSA) is 51.8 Å². The van der Waals surface area contributed by atoms with Gasteiger partial charge in [-0.3, -0.25) is 0 Å². The van der Waals surface area contributed by atoms with E-state index < -0.39 is 0 Å². The van der Waals surface area contributed by atoms with Crippen LogP contribution in [0.25, 0.3) is 89.5 Å². The minimum absolute atomic E-state index is 0.556. The Balaban J connectivity index is 1.29. The number of hydrogen-bond donors (Lipinski definition) is 0. The Morgan fingerprint density at radius 3 is 1.35 bits per heavy atom. The second-order valence-electron chi connectivity index (χ2n) is 12.0. The number of furan rings is 1. The van der Waals surface area contributed by atoms with Crippen LogP contribution in [0.1, 0.15) is 0 Å². The smallest absolute Gasteiger partial charge is 0.167 e. The van der Waals surface area contributed by atoms with Crippen LogP contribution in [-0.2, 0) is 0 Å². The monoisotopic (exact) mass is 627 g/mol. The highest BCUT2D eigenvalue weighted by Crippen LogP contribution is 2.44.